The molecule has 2 aromatic carbocycles. The molecule has 24 heavy (non-hydrogen) atoms. The maximum absolute atomic E-state index is 12.5. The van der Waals surface area contributed by atoms with Crippen molar-refractivity contribution in [3.05, 3.63) is 53.1 Å². The van der Waals surface area contributed by atoms with Crippen molar-refractivity contribution >= 4 is 23.2 Å². The number of nitrogens with one attached hydrogen (secondary N) is 1. The van der Waals surface area contributed by atoms with E-state index in [-0.39, 0.29) is 25.0 Å². The Kier molecular flexibility index (Phi) is 4.25. The number of aryl methyl sites for hydroxylation is 3. The van der Waals surface area contributed by atoms with Crippen LogP contribution < -0.4 is 15.0 Å². The monoisotopic (exact) mass is 324 g/mol. The van der Waals surface area contributed by atoms with Crippen LogP contribution in [0.4, 0.5) is 11.4 Å². The summed E-state index contributed by atoms with van der Waals surface area (Å²) in [5.74, 6) is 0.180. The first-order chi connectivity index (χ1) is 11.5. The highest BCUT2D eigenvalue weighted by Crippen LogP contribution is 2.32. The van der Waals surface area contributed by atoms with Gasteiger partial charge in [-0.2, -0.15) is 0 Å². The number of carbonyl (C=O) groups excluding carboxylic acids is 2. The fourth-order valence-corrected chi connectivity index (χ4v) is 2.82. The average Bonchev–Trinajstić information content (AvgIpc) is 2.54. The molecule has 2 amide bonds. The molecule has 0 saturated heterocycles. The minimum Gasteiger partial charge on any atom is -0.482 e. The summed E-state index contributed by atoms with van der Waals surface area (Å²) in [6.45, 7) is 5.75. The van der Waals surface area contributed by atoms with Gasteiger partial charge in [0.2, 0.25) is 5.91 Å². The zero-order valence-electron chi connectivity index (χ0n) is 14.1. The van der Waals surface area contributed by atoms with E-state index in [2.05, 4.69) is 5.32 Å². The first kappa shape index (κ1) is 16.1. The van der Waals surface area contributed by atoms with Gasteiger partial charge < -0.3 is 10.1 Å². The molecule has 1 aliphatic heterocycles. The molecule has 0 aromatic heterocycles. The van der Waals surface area contributed by atoms with Gasteiger partial charge in [0, 0.05) is 5.69 Å². The van der Waals surface area contributed by atoms with Gasteiger partial charge in [-0.3, -0.25) is 14.5 Å². The molecular formula is C19H20N2O3. The summed E-state index contributed by atoms with van der Waals surface area (Å²) < 4.78 is 5.44. The Balaban J connectivity index is 1.82. The Morgan fingerprint density at radius 2 is 1.88 bits per heavy atom. The topological polar surface area (TPSA) is 58.6 Å². The quantitative estimate of drug-likeness (QED) is 0.944. The smallest absolute Gasteiger partial charge is 0.265 e. The molecule has 1 N–H and O–H groups in total. The van der Waals surface area contributed by atoms with E-state index < -0.39 is 0 Å². The Morgan fingerprint density at radius 3 is 2.58 bits per heavy atom. The molecule has 0 spiro atoms. The average molecular weight is 324 g/mol. The van der Waals surface area contributed by atoms with Gasteiger partial charge in [0.1, 0.15) is 12.3 Å². The Hall–Kier alpha value is -2.82. The number of fused-ring (bicyclic) bond motifs is 1. The molecule has 0 saturated carbocycles. The largest absolute Gasteiger partial charge is 0.482 e. The number of rotatable bonds is 3. The molecule has 0 fully saturated rings. The Labute approximate surface area is 141 Å². The number of para-hydroxylation sites is 1. The lowest BCUT2D eigenvalue weighted by Gasteiger charge is -2.29. The second-order valence-corrected chi connectivity index (χ2v) is 6.05. The number of anilines is 2. The van der Waals surface area contributed by atoms with E-state index in [1.54, 1.807) is 0 Å². The van der Waals surface area contributed by atoms with Gasteiger partial charge in [0.05, 0.1) is 5.69 Å². The summed E-state index contributed by atoms with van der Waals surface area (Å²) in [6.07, 6.45) is 0. The SMILES string of the molecule is Cc1ccc2c(c1)N(CC(=O)Nc1c(C)cccc1C)C(=O)CO2. The van der Waals surface area contributed by atoms with Crippen LogP contribution in [0.3, 0.4) is 0 Å². The van der Waals surface area contributed by atoms with E-state index in [0.29, 0.717) is 11.4 Å². The van der Waals surface area contributed by atoms with Gasteiger partial charge in [0.15, 0.2) is 6.61 Å². The standard InChI is InChI=1S/C19H20N2O3/c1-12-7-8-16-15(9-12)21(18(23)11-24-16)10-17(22)20-19-13(2)5-4-6-14(19)3/h4-9H,10-11H2,1-3H3,(H,20,22). The third kappa shape index (κ3) is 3.11. The number of nitrogens with zero attached hydrogens (tertiary/aromatic N) is 1. The third-order valence-electron chi connectivity index (χ3n) is 4.10. The normalized spacial score (nSPS) is 13.3. The van der Waals surface area contributed by atoms with Crippen LogP contribution in [0, 0.1) is 20.8 Å². The van der Waals surface area contributed by atoms with Crippen molar-refractivity contribution in [1.29, 1.82) is 0 Å². The lowest BCUT2D eigenvalue weighted by Crippen LogP contribution is -2.43. The molecule has 3 rings (SSSR count). The highest BCUT2D eigenvalue weighted by molar-refractivity contribution is 6.05. The molecule has 1 heterocycles. The van der Waals surface area contributed by atoms with Gasteiger partial charge in [-0.25, -0.2) is 0 Å². The highest BCUT2D eigenvalue weighted by atomic mass is 16.5. The van der Waals surface area contributed by atoms with Crippen molar-refractivity contribution < 1.29 is 14.3 Å². The van der Waals surface area contributed by atoms with Crippen LogP contribution in [-0.4, -0.2) is 25.0 Å². The molecule has 124 valence electrons. The lowest BCUT2D eigenvalue weighted by atomic mass is 10.1. The van der Waals surface area contributed by atoms with Crippen molar-refractivity contribution in [2.75, 3.05) is 23.4 Å². The van der Waals surface area contributed by atoms with E-state index in [9.17, 15) is 9.59 Å². The summed E-state index contributed by atoms with van der Waals surface area (Å²) in [6, 6.07) is 11.4. The highest BCUT2D eigenvalue weighted by Gasteiger charge is 2.27. The van der Waals surface area contributed by atoms with Crippen molar-refractivity contribution in [2.45, 2.75) is 20.8 Å². The molecular weight excluding hydrogens is 304 g/mol. The second-order valence-electron chi connectivity index (χ2n) is 6.05. The number of amides is 2. The van der Waals surface area contributed by atoms with E-state index in [4.69, 9.17) is 4.74 Å². The van der Waals surface area contributed by atoms with Gasteiger partial charge in [-0.05, 0) is 49.6 Å². The number of ether oxygens (including phenoxy) is 1. The fraction of sp³-hybridized carbons (Fsp3) is 0.263. The predicted octanol–water partition coefficient (Wildman–Crippen LogP) is 2.98. The van der Waals surface area contributed by atoms with Crippen LogP contribution in [0.5, 0.6) is 5.75 Å². The first-order valence-corrected chi connectivity index (χ1v) is 7.85. The molecule has 0 bridgehead atoms. The number of hydrogen-bond acceptors (Lipinski definition) is 3. The van der Waals surface area contributed by atoms with Crippen LogP contribution >= 0.6 is 0 Å². The van der Waals surface area contributed by atoms with Gasteiger partial charge >= 0.3 is 0 Å². The summed E-state index contributed by atoms with van der Waals surface area (Å²) >= 11 is 0. The van der Waals surface area contributed by atoms with Crippen LogP contribution in [0.15, 0.2) is 36.4 Å². The molecule has 2 aromatic rings. The number of carbonyl (C=O) groups is 2. The van der Waals surface area contributed by atoms with Crippen LogP contribution in [-0.2, 0) is 9.59 Å². The van der Waals surface area contributed by atoms with Crippen molar-refractivity contribution in [3.63, 3.8) is 0 Å². The Morgan fingerprint density at radius 1 is 1.17 bits per heavy atom. The van der Waals surface area contributed by atoms with Crippen molar-refractivity contribution in [1.82, 2.24) is 0 Å². The maximum Gasteiger partial charge on any atom is 0.265 e. The molecule has 0 atom stereocenters. The van der Waals surface area contributed by atoms with Crippen LogP contribution in [0.2, 0.25) is 0 Å². The van der Waals surface area contributed by atoms with E-state index in [0.717, 1.165) is 22.4 Å². The molecule has 0 unspecified atom stereocenters. The predicted molar refractivity (Wildman–Crippen MR) is 93.6 cm³/mol. The minimum atomic E-state index is -0.227. The fourth-order valence-electron chi connectivity index (χ4n) is 2.82. The van der Waals surface area contributed by atoms with E-state index >= 15 is 0 Å². The zero-order valence-corrected chi connectivity index (χ0v) is 14.1. The van der Waals surface area contributed by atoms with E-state index in [1.165, 1.54) is 4.90 Å². The zero-order chi connectivity index (χ0) is 17.3. The number of hydrogen-bond donors (Lipinski definition) is 1. The molecule has 0 aliphatic carbocycles. The lowest BCUT2D eigenvalue weighted by molar-refractivity contribution is -0.123. The maximum atomic E-state index is 12.5. The molecule has 5 heteroatoms. The summed E-state index contributed by atoms with van der Waals surface area (Å²) in [5, 5.41) is 2.92. The van der Waals surface area contributed by atoms with Crippen molar-refractivity contribution in [2.24, 2.45) is 0 Å². The summed E-state index contributed by atoms with van der Waals surface area (Å²) in [4.78, 5) is 26.2. The third-order valence-corrected chi connectivity index (χ3v) is 4.10. The van der Waals surface area contributed by atoms with Crippen molar-refractivity contribution in [3.8, 4) is 5.75 Å². The van der Waals surface area contributed by atoms with Gasteiger partial charge in [-0.1, -0.05) is 24.3 Å². The molecule has 1 aliphatic rings. The van der Waals surface area contributed by atoms with E-state index in [1.807, 2.05) is 57.2 Å². The molecule has 0 radical (unpaired) electrons. The number of benzene rings is 2. The first-order valence-electron chi connectivity index (χ1n) is 7.85. The van der Waals surface area contributed by atoms with Crippen LogP contribution in [0.25, 0.3) is 0 Å². The van der Waals surface area contributed by atoms with Crippen LogP contribution in [0.1, 0.15) is 16.7 Å². The minimum absolute atomic E-state index is 0.0353. The second kappa shape index (κ2) is 6.35. The summed E-state index contributed by atoms with van der Waals surface area (Å²) in [5.41, 5.74) is 4.43. The van der Waals surface area contributed by atoms with Gasteiger partial charge in [-0.15, -0.1) is 0 Å². The summed E-state index contributed by atoms with van der Waals surface area (Å²) in [7, 11) is 0. The van der Waals surface area contributed by atoms with Gasteiger partial charge in [0.25, 0.3) is 5.91 Å². The molecule has 5 nitrogen and oxygen atoms in total. The Bertz CT molecular complexity index is 794.